The zero-order valence-corrected chi connectivity index (χ0v) is 9.91. The molecule has 2 nitrogen and oxygen atoms in total. The quantitative estimate of drug-likeness (QED) is 0.560. The van der Waals surface area contributed by atoms with E-state index in [4.69, 9.17) is 0 Å². The van der Waals surface area contributed by atoms with Crippen molar-refractivity contribution in [3.63, 3.8) is 0 Å². The molecule has 2 heteroatoms. The summed E-state index contributed by atoms with van der Waals surface area (Å²) in [6.45, 7) is 1.93. The molecule has 0 N–H and O–H groups in total. The highest BCUT2D eigenvalue weighted by molar-refractivity contribution is 5.96. The molecule has 0 atom stereocenters. The van der Waals surface area contributed by atoms with Gasteiger partial charge in [0.1, 0.15) is 5.69 Å². The van der Waals surface area contributed by atoms with Crippen LogP contribution in [0.25, 0.3) is 0 Å². The van der Waals surface area contributed by atoms with Crippen LogP contribution in [0.3, 0.4) is 0 Å². The number of hydrogen-bond donors (Lipinski definition) is 0. The molecule has 0 aromatic carbocycles. The van der Waals surface area contributed by atoms with Gasteiger partial charge in [-0.2, -0.15) is 0 Å². The number of ketones is 1. The van der Waals surface area contributed by atoms with E-state index in [1.165, 1.54) is 25.7 Å². The summed E-state index contributed by atoms with van der Waals surface area (Å²) in [6.07, 6.45) is 7.06. The molecule has 0 aliphatic heterocycles. The van der Waals surface area contributed by atoms with E-state index in [9.17, 15) is 4.79 Å². The Morgan fingerprint density at radius 2 is 1.88 bits per heavy atom. The molecule has 0 spiro atoms. The summed E-state index contributed by atoms with van der Waals surface area (Å²) in [5.74, 6) is 0.474. The maximum absolute atomic E-state index is 12.2. The van der Waals surface area contributed by atoms with Gasteiger partial charge in [0.2, 0.25) is 0 Å². The van der Waals surface area contributed by atoms with E-state index in [-0.39, 0.29) is 11.7 Å². The Balaban J connectivity index is 2.11. The lowest BCUT2D eigenvalue weighted by atomic mass is 9.93. The Hall–Kier alpha value is -1.18. The molecule has 16 heavy (non-hydrogen) atoms. The van der Waals surface area contributed by atoms with E-state index in [2.05, 4.69) is 4.98 Å². The Morgan fingerprint density at radius 3 is 2.50 bits per heavy atom. The summed E-state index contributed by atoms with van der Waals surface area (Å²) >= 11 is 0. The highest BCUT2D eigenvalue weighted by Crippen LogP contribution is 2.25. The van der Waals surface area contributed by atoms with Crippen LogP contribution in [0, 0.1) is 12.8 Å². The first kappa shape index (κ1) is 11.3. The minimum absolute atomic E-state index is 0.219. The molecular weight excluding hydrogens is 198 g/mol. The normalized spacial score (nSPS) is 18.1. The number of carbonyl (C=O) groups is 1. The van der Waals surface area contributed by atoms with Gasteiger partial charge in [-0.1, -0.05) is 31.7 Å². The highest BCUT2D eigenvalue weighted by atomic mass is 16.1. The van der Waals surface area contributed by atoms with Gasteiger partial charge in [-0.15, -0.1) is 0 Å². The summed E-state index contributed by atoms with van der Waals surface area (Å²) in [5, 5.41) is 0. The SMILES string of the molecule is Cc1cccc(C(=O)C2CCCCCC2)n1. The van der Waals surface area contributed by atoms with Crippen LogP contribution in [0.1, 0.15) is 54.7 Å². The number of Topliss-reactive ketones (excluding diaryl/α,β-unsaturated/α-hetero) is 1. The third kappa shape index (κ3) is 2.69. The van der Waals surface area contributed by atoms with Crippen molar-refractivity contribution in [1.82, 2.24) is 4.98 Å². The number of carbonyl (C=O) groups excluding carboxylic acids is 1. The molecule has 1 fully saturated rings. The summed E-state index contributed by atoms with van der Waals surface area (Å²) < 4.78 is 0. The Kier molecular flexibility index (Phi) is 3.70. The number of pyridine rings is 1. The average Bonchev–Trinajstić information content (AvgIpc) is 2.56. The zero-order chi connectivity index (χ0) is 11.4. The van der Waals surface area contributed by atoms with Gasteiger partial charge in [-0.3, -0.25) is 9.78 Å². The topological polar surface area (TPSA) is 30.0 Å². The predicted octanol–water partition coefficient (Wildman–Crippen LogP) is 3.54. The lowest BCUT2D eigenvalue weighted by molar-refractivity contribution is 0.0902. The fourth-order valence-corrected chi connectivity index (χ4v) is 2.43. The van der Waals surface area contributed by atoms with Crippen LogP contribution in [-0.2, 0) is 0 Å². The molecule has 1 saturated carbocycles. The van der Waals surface area contributed by atoms with Gasteiger partial charge < -0.3 is 0 Å². The molecule has 1 aliphatic rings. The van der Waals surface area contributed by atoms with Crippen molar-refractivity contribution >= 4 is 5.78 Å². The standard InChI is InChI=1S/C14H19NO/c1-11-7-6-10-13(15-11)14(16)12-8-4-2-3-5-9-12/h6-7,10,12H,2-5,8-9H2,1H3. The number of hydrogen-bond acceptors (Lipinski definition) is 2. The van der Waals surface area contributed by atoms with Crippen LogP contribution in [0.15, 0.2) is 18.2 Å². The van der Waals surface area contributed by atoms with E-state index in [1.54, 1.807) is 0 Å². The Bertz CT molecular complexity index is 365. The van der Waals surface area contributed by atoms with Crippen LogP contribution >= 0.6 is 0 Å². The van der Waals surface area contributed by atoms with Crippen molar-refractivity contribution in [2.75, 3.05) is 0 Å². The number of nitrogens with zero attached hydrogens (tertiary/aromatic N) is 1. The second-order valence-electron chi connectivity index (χ2n) is 4.72. The molecule has 1 aromatic rings. The molecule has 1 heterocycles. The molecule has 2 rings (SSSR count). The maximum atomic E-state index is 12.2. The minimum atomic E-state index is 0.219. The molecule has 86 valence electrons. The molecule has 0 amide bonds. The average molecular weight is 217 g/mol. The molecule has 0 unspecified atom stereocenters. The minimum Gasteiger partial charge on any atom is -0.292 e. The fourth-order valence-electron chi connectivity index (χ4n) is 2.43. The smallest absolute Gasteiger partial charge is 0.184 e. The van der Waals surface area contributed by atoms with Gasteiger partial charge in [0, 0.05) is 11.6 Å². The van der Waals surface area contributed by atoms with Crippen LogP contribution < -0.4 is 0 Å². The van der Waals surface area contributed by atoms with Crippen molar-refractivity contribution in [1.29, 1.82) is 0 Å². The van der Waals surface area contributed by atoms with E-state index in [0.29, 0.717) is 5.69 Å². The van der Waals surface area contributed by atoms with E-state index >= 15 is 0 Å². The van der Waals surface area contributed by atoms with Crippen molar-refractivity contribution < 1.29 is 4.79 Å². The molecule has 1 aromatic heterocycles. The fraction of sp³-hybridized carbons (Fsp3) is 0.571. The molecule has 0 saturated heterocycles. The first-order valence-electron chi connectivity index (χ1n) is 6.25. The van der Waals surface area contributed by atoms with Gasteiger partial charge in [0.15, 0.2) is 5.78 Å². The first-order chi connectivity index (χ1) is 7.77. The Morgan fingerprint density at radius 1 is 1.19 bits per heavy atom. The van der Waals surface area contributed by atoms with E-state index in [1.807, 2.05) is 25.1 Å². The second-order valence-corrected chi connectivity index (χ2v) is 4.72. The summed E-state index contributed by atoms with van der Waals surface area (Å²) in [5.41, 5.74) is 1.59. The van der Waals surface area contributed by atoms with Crippen LogP contribution in [0.2, 0.25) is 0 Å². The van der Waals surface area contributed by atoms with Crippen molar-refractivity contribution in [3.8, 4) is 0 Å². The number of rotatable bonds is 2. The van der Waals surface area contributed by atoms with E-state index < -0.39 is 0 Å². The maximum Gasteiger partial charge on any atom is 0.184 e. The summed E-state index contributed by atoms with van der Waals surface area (Å²) in [4.78, 5) is 16.6. The van der Waals surface area contributed by atoms with Gasteiger partial charge in [0.25, 0.3) is 0 Å². The van der Waals surface area contributed by atoms with Crippen LogP contribution in [0.5, 0.6) is 0 Å². The summed E-state index contributed by atoms with van der Waals surface area (Å²) in [7, 11) is 0. The number of aromatic nitrogens is 1. The van der Waals surface area contributed by atoms with Gasteiger partial charge in [-0.25, -0.2) is 0 Å². The summed E-state index contributed by atoms with van der Waals surface area (Å²) in [6, 6.07) is 5.70. The third-order valence-corrected chi connectivity index (χ3v) is 3.37. The lowest BCUT2D eigenvalue weighted by Gasteiger charge is -2.12. The first-order valence-corrected chi connectivity index (χ1v) is 6.25. The van der Waals surface area contributed by atoms with E-state index in [0.717, 1.165) is 18.5 Å². The van der Waals surface area contributed by atoms with Crippen molar-refractivity contribution in [2.24, 2.45) is 5.92 Å². The lowest BCUT2D eigenvalue weighted by Crippen LogP contribution is -2.15. The third-order valence-electron chi connectivity index (χ3n) is 3.37. The molecule has 1 aliphatic carbocycles. The second kappa shape index (κ2) is 5.24. The predicted molar refractivity (Wildman–Crippen MR) is 64.5 cm³/mol. The van der Waals surface area contributed by atoms with Gasteiger partial charge >= 0.3 is 0 Å². The molecular formula is C14H19NO. The number of aryl methyl sites for hydroxylation is 1. The van der Waals surface area contributed by atoms with Crippen LogP contribution in [0.4, 0.5) is 0 Å². The highest BCUT2D eigenvalue weighted by Gasteiger charge is 2.22. The molecule has 0 radical (unpaired) electrons. The van der Waals surface area contributed by atoms with Crippen molar-refractivity contribution in [2.45, 2.75) is 45.4 Å². The largest absolute Gasteiger partial charge is 0.292 e. The Labute approximate surface area is 97.1 Å². The molecule has 0 bridgehead atoms. The van der Waals surface area contributed by atoms with Gasteiger partial charge in [-0.05, 0) is 31.9 Å². The van der Waals surface area contributed by atoms with Crippen molar-refractivity contribution in [3.05, 3.63) is 29.6 Å². The monoisotopic (exact) mass is 217 g/mol. The zero-order valence-electron chi connectivity index (χ0n) is 9.91. The van der Waals surface area contributed by atoms with Gasteiger partial charge in [0.05, 0.1) is 0 Å². The van der Waals surface area contributed by atoms with Crippen LogP contribution in [-0.4, -0.2) is 10.8 Å².